The predicted octanol–water partition coefficient (Wildman–Crippen LogP) is 3.95. The lowest BCUT2D eigenvalue weighted by atomic mass is 9.78. The van der Waals surface area contributed by atoms with Crippen LogP contribution in [0, 0.1) is 0 Å². The molecule has 8 nitrogen and oxygen atoms in total. The molecule has 0 radical (unpaired) electrons. The second kappa shape index (κ2) is 8.11. The third-order valence-corrected chi connectivity index (χ3v) is 6.64. The Hall–Kier alpha value is -2.98. The smallest absolute Gasteiger partial charge is 0.417 e. The van der Waals surface area contributed by atoms with E-state index in [0.29, 0.717) is 32.2 Å². The summed E-state index contributed by atoms with van der Waals surface area (Å²) in [5.41, 5.74) is -2.87. The molecule has 0 unspecified atom stereocenters. The largest absolute Gasteiger partial charge is 0.475 e. The summed E-state index contributed by atoms with van der Waals surface area (Å²) >= 11 is 0. The van der Waals surface area contributed by atoms with Crippen LogP contribution in [0.5, 0.6) is 5.75 Å². The van der Waals surface area contributed by atoms with E-state index in [0.717, 1.165) is 18.6 Å². The van der Waals surface area contributed by atoms with Crippen molar-refractivity contribution in [1.82, 2.24) is 9.80 Å². The summed E-state index contributed by atoms with van der Waals surface area (Å²) in [6.07, 6.45) is -3.42. The van der Waals surface area contributed by atoms with Gasteiger partial charge in [0.05, 0.1) is 22.9 Å². The summed E-state index contributed by atoms with van der Waals surface area (Å²) in [4.78, 5) is 39.9. The first-order chi connectivity index (χ1) is 15.4. The molecule has 180 valence electrons. The Labute approximate surface area is 188 Å². The van der Waals surface area contributed by atoms with E-state index in [9.17, 15) is 32.7 Å². The molecule has 1 aromatic rings. The number of rotatable bonds is 3. The standard InChI is InChI=1S/C22H26F3N3O5/c1-12(2)28(13-5-3-8-27(11-13)20(31)32)18(29)14-9-16-17(10-15(14)22(23,24)25)33-21(6-4-7-21)19(30)26-16/h9-10,12-13H,3-8,11H2,1-2H3,(H,26,30)(H,31,32)/t13-/m1/s1. The van der Waals surface area contributed by atoms with E-state index in [-0.39, 0.29) is 18.0 Å². The molecule has 1 atom stereocenters. The molecule has 2 aliphatic heterocycles. The van der Waals surface area contributed by atoms with Crippen molar-refractivity contribution in [3.05, 3.63) is 23.3 Å². The van der Waals surface area contributed by atoms with Gasteiger partial charge in [0.25, 0.3) is 11.8 Å². The predicted molar refractivity (Wildman–Crippen MR) is 111 cm³/mol. The maximum absolute atomic E-state index is 14.0. The summed E-state index contributed by atoms with van der Waals surface area (Å²) in [6.45, 7) is 3.68. The number of carboxylic acid groups (broad SMARTS) is 1. The van der Waals surface area contributed by atoms with Gasteiger partial charge in [-0.2, -0.15) is 13.2 Å². The van der Waals surface area contributed by atoms with Crippen LogP contribution in [-0.2, 0) is 11.0 Å². The van der Waals surface area contributed by atoms with E-state index in [1.165, 1.54) is 9.80 Å². The van der Waals surface area contributed by atoms with Crippen molar-refractivity contribution in [2.45, 2.75) is 69.8 Å². The van der Waals surface area contributed by atoms with Gasteiger partial charge in [0.15, 0.2) is 5.60 Å². The van der Waals surface area contributed by atoms with Gasteiger partial charge in [-0.25, -0.2) is 4.79 Å². The highest BCUT2D eigenvalue weighted by atomic mass is 19.4. The third kappa shape index (κ3) is 4.08. The number of hydrogen-bond donors (Lipinski definition) is 2. The minimum atomic E-state index is -4.83. The van der Waals surface area contributed by atoms with Crippen LogP contribution in [0.2, 0.25) is 0 Å². The lowest BCUT2D eigenvalue weighted by molar-refractivity contribution is -0.141. The van der Waals surface area contributed by atoms with Crippen LogP contribution in [0.4, 0.5) is 23.7 Å². The molecule has 2 fully saturated rings. The number of anilines is 1. The van der Waals surface area contributed by atoms with Gasteiger partial charge < -0.3 is 25.0 Å². The SMILES string of the molecule is CC(C)N(C(=O)c1cc2c(cc1C(F)(F)F)OC1(CCC1)C(=O)N2)[C@@H]1CCCN(C(=O)O)C1. The minimum Gasteiger partial charge on any atom is -0.475 e. The average Bonchev–Trinajstić information content (AvgIpc) is 2.70. The first kappa shape index (κ1) is 23.2. The molecule has 3 amide bonds. The van der Waals surface area contributed by atoms with Gasteiger partial charge in [-0.15, -0.1) is 0 Å². The van der Waals surface area contributed by atoms with Gasteiger partial charge in [-0.05, 0) is 58.1 Å². The van der Waals surface area contributed by atoms with Crippen molar-refractivity contribution in [2.75, 3.05) is 18.4 Å². The number of halogens is 3. The van der Waals surface area contributed by atoms with E-state index >= 15 is 0 Å². The summed E-state index contributed by atoms with van der Waals surface area (Å²) in [7, 11) is 0. The van der Waals surface area contributed by atoms with Crippen molar-refractivity contribution in [3.63, 3.8) is 0 Å². The van der Waals surface area contributed by atoms with Crippen LogP contribution in [0.3, 0.4) is 0 Å². The van der Waals surface area contributed by atoms with Gasteiger partial charge >= 0.3 is 12.3 Å². The highest BCUT2D eigenvalue weighted by Gasteiger charge is 2.50. The highest BCUT2D eigenvalue weighted by Crippen LogP contribution is 2.47. The summed E-state index contributed by atoms with van der Waals surface area (Å²) in [5, 5.41) is 11.9. The fourth-order valence-electron chi connectivity index (χ4n) is 4.81. The second-order valence-electron chi connectivity index (χ2n) is 9.13. The van der Waals surface area contributed by atoms with Gasteiger partial charge in [0.2, 0.25) is 0 Å². The summed E-state index contributed by atoms with van der Waals surface area (Å²) in [6, 6.07) is 0.767. The van der Waals surface area contributed by atoms with Crippen LogP contribution < -0.4 is 10.1 Å². The molecule has 1 spiro atoms. The fraction of sp³-hybridized carbons (Fsp3) is 0.591. The molecule has 3 aliphatic rings. The van der Waals surface area contributed by atoms with Crippen molar-refractivity contribution in [2.24, 2.45) is 0 Å². The van der Waals surface area contributed by atoms with Gasteiger partial charge in [-0.1, -0.05) is 0 Å². The molecule has 1 aromatic carbocycles. The number of nitrogens with zero attached hydrogens (tertiary/aromatic N) is 2. The van der Waals surface area contributed by atoms with Gasteiger partial charge in [-0.3, -0.25) is 9.59 Å². The summed E-state index contributed by atoms with van der Waals surface area (Å²) < 4.78 is 47.8. The van der Waals surface area contributed by atoms with Crippen molar-refractivity contribution in [3.8, 4) is 5.75 Å². The maximum atomic E-state index is 14.0. The van der Waals surface area contributed by atoms with Gasteiger partial charge in [0.1, 0.15) is 5.75 Å². The third-order valence-electron chi connectivity index (χ3n) is 6.64. The average molecular weight is 469 g/mol. The fourth-order valence-corrected chi connectivity index (χ4v) is 4.81. The Balaban J connectivity index is 1.73. The van der Waals surface area contributed by atoms with E-state index in [1.807, 2.05) is 0 Å². The number of nitrogens with one attached hydrogen (secondary N) is 1. The van der Waals surface area contributed by atoms with Gasteiger partial charge in [0, 0.05) is 19.1 Å². The first-order valence-corrected chi connectivity index (χ1v) is 11.0. The zero-order chi connectivity index (χ0) is 24.1. The zero-order valence-electron chi connectivity index (χ0n) is 18.4. The Morgan fingerprint density at radius 1 is 1.27 bits per heavy atom. The molecule has 1 saturated heterocycles. The highest BCUT2D eigenvalue weighted by molar-refractivity contribution is 6.04. The number of hydrogen-bond acceptors (Lipinski definition) is 4. The lowest BCUT2D eigenvalue weighted by Crippen LogP contribution is -2.56. The maximum Gasteiger partial charge on any atom is 0.417 e. The Bertz CT molecular complexity index is 990. The quantitative estimate of drug-likeness (QED) is 0.699. The Morgan fingerprint density at radius 3 is 2.52 bits per heavy atom. The molecule has 2 heterocycles. The molecule has 1 saturated carbocycles. The topological polar surface area (TPSA) is 99.2 Å². The number of likely N-dealkylation sites (tertiary alicyclic amines) is 1. The number of ether oxygens (including phenoxy) is 1. The number of amides is 3. The van der Waals surface area contributed by atoms with E-state index in [4.69, 9.17) is 4.74 Å². The lowest BCUT2D eigenvalue weighted by Gasteiger charge is -2.44. The van der Waals surface area contributed by atoms with Crippen LogP contribution in [0.15, 0.2) is 12.1 Å². The van der Waals surface area contributed by atoms with E-state index in [2.05, 4.69) is 5.32 Å². The van der Waals surface area contributed by atoms with E-state index in [1.54, 1.807) is 13.8 Å². The molecule has 1 aliphatic carbocycles. The Morgan fingerprint density at radius 2 is 1.97 bits per heavy atom. The molecule has 2 N–H and O–H groups in total. The number of fused-ring (bicyclic) bond motifs is 1. The number of carbonyl (C=O) groups excluding carboxylic acids is 2. The first-order valence-electron chi connectivity index (χ1n) is 11.0. The molecule has 4 rings (SSSR count). The molecule has 11 heteroatoms. The molecule has 0 aromatic heterocycles. The zero-order valence-corrected chi connectivity index (χ0v) is 18.4. The van der Waals surface area contributed by atoms with Crippen LogP contribution >= 0.6 is 0 Å². The number of benzene rings is 1. The van der Waals surface area contributed by atoms with E-state index < -0.39 is 52.9 Å². The molecular weight excluding hydrogens is 443 g/mol. The van der Waals surface area contributed by atoms with Crippen LogP contribution in [0.25, 0.3) is 0 Å². The molecule has 33 heavy (non-hydrogen) atoms. The molecular formula is C22H26F3N3O5. The van der Waals surface area contributed by atoms with Crippen molar-refractivity contribution in [1.29, 1.82) is 0 Å². The van der Waals surface area contributed by atoms with Crippen LogP contribution in [-0.4, -0.2) is 63.6 Å². The molecule has 0 bridgehead atoms. The Kier molecular flexibility index (Phi) is 5.69. The van der Waals surface area contributed by atoms with Crippen molar-refractivity contribution < 1.29 is 37.4 Å². The normalized spacial score (nSPS) is 21.7. The second-order valence-corrected chi connectivity index (χ2v) is 9.13. The summed E-state index contributed by atoms with van der Waals surface area (Å²) in [5.74, 6) is -1.40. The monoisotopic (exact) mass is 469 g/mol. The van der Waals surface area contributed by atoms with Crippen molar-refractivity contribution >= 4 is 23.6 Å². The number of piperidine rings is 1. The van der Waals surface area contributed by atoms with Crippen LogP contribution in [0.1, 0.15) is 61.9 Å². The minimum absolute atomic E-state index is 0.0217. The number of alkyl halides is 3. The number of carbonyl (C=O) groups is 3.